The summed E-state index contributed by atoms with van der Waals surface area (Å²) in [6, 6.07) is 6.90. The zero-order valence-electron chi connectivity index (χ0n) is 19.2. The Morgan fingerprint density at radius 3 is 2.82 bits per heavy atom. The highest BCUT2D eigenvalue weighted by molar-refractivity contribution is 6.00. The second-order valence-electron chi connectivity index (χ2n) is 7.12. The van der Waals surface area contributed by atoms with Gasteiger partial charge >= 0.3 is 0 Å². The maximum atomic E-state index is 13.2. The van der Waals surface area contributed by atoms with Gasteiger partial charge in [0, 0.05) is 25.5 Å². The molecule has 1 amide bonds. The molecule has 2 rings (SSSR count). The van der Waals surface area contributed by atoms with Crippen LogP contribution in [0.15, 0.2) is 72.4 Å². The third-order valence-electron chi connectivity index (χ3n) is 4.56. The van der Waals surface area contributed by atoms with Gasteiger partial charge in [0.15, 0.2) is 0 Å². The first kappa shape index (κ1) is 25.5. The third-order valence-corrected chi connectivity index (χ3v) is 4.56. The molecule has 0 aliphatic heterocycles. The first-order valence-corrected chi connectivity index (χ1v) is 10.7. The predicted octanol–water partition coefficient (Wildman–Crippen LogP) is 4.95. The van der Waals surface area contributed by atoms with E-state index in [1.54, 1.807) is 44.4 Å². The largest absolute Gasteiger partial charge is 0.477 e. The number of aromatic nitrogens is 2. The highest BCUT2D eigenvalue weighted by Crippen LogP contribution is 2.16. The molecule has 0 aromatic carbocycles. The topological polar surface area (TPSA) is 100.0 Å². The second kappa shape index (κ2) is 13.6. The van der Waals surface area contributed by atoms with Crippen molar-refractivity contribution in [1.29, 1.82) is 5.41 Å². The molecule has 0 spiro atoms. The maximum Gasteiger partial charge on any atom is 0.255 e. The van der Waals surface area contributed by atoms with Crippen molar-refractivity contribution in [3.8, 4) is 0 Å². The van der Waals surface area contributed by atoms with Crippen LogP contribution in [0.3, 0.4) is 0 Å². The second-order valence-corrected chi connectivity index (χ2v) is 7.12. The Labute approximate surface area is 194 Å². The molecule has 0 radical (unpaired) electrons. The summed E-state index contributed by atoms with van der Waals surface area (Å²) in [6.07, 6.45) is 10.3. The van der Waals surface area contributed by atoms with Gasteiger partial charge < -0.3 is 15.4 Å². The van der Waals surface area contributed by atoms with Gasteiger partial charge in [-0.1, -0.05) is 29.9 Å². The summed E-state index contributed by atoms with van der Waals surface area (Å²) < 4.78 is 18.4. The standard InChI is InChI=1S/C25H30FN5O2/c1-4-20(26)10-6-8-18(3)13-15-29-24-21(11-12-22(31-24)23(27)33-5-2)25(32)30-17-19-9-7-14-28-16-19/h4,6-12,14,16,27H,5,13,15,17H2,1-3H3,(H,29,31)(H,30,32)/b10-6-,18-8+,20-4+,27-23?. The summed E-state index contributed by atoms with van der Waals surface area (Å²) >= 11 is 0. The first-order chi connectivity index (χ1) is 15.9. The van der Waals surface area contributed by atoms with Crippen molar-refractivity contribution in [2.75, 3.05) is 18.5 Å². The highest BCUT2D eigenvalue weighted by Gasteiger charge is 2.15. The third kappa shape index (κ3) is 8.68. The van der Waals surface area contributed by atoms with Gasteiger partial charge in [0.1, 0.15) is 17.3 Å². The fourth-order valence-electron chi connectivity index (χ4n) is 2.76. The number of allylic oxidation sites excluding steroid dienone is 5. The van der Waals surface area contributed by atoms with Crippen molar-refractivity contribution < 1.29 is 13.9 Å². The lowest BCUT2D eigenvalue weighted by molar-refractivity contribution is 0.0951. The van der Waals surface area contributed by atoms with E-state index in [-0.39, 0.29) is 17.6 Å². The number of carbonyl (C=O) groups is 1. The number of amides is 1. The first-order valence-electron chi connectivity index (χ1n) is 10.7. The number of carbonyl (C=O) groups excluding carboxylic acids is 1. The van der Waals surface area contributed by atoms with Gasteiger partial charge in [0.2, 0.25) is 5.90 Å². The van der Waals surface area contributed by atoms with Crippen LogP contribution < -0.4 is 10.6 Å². The number of pyridine rings is 2. The molecule has 3 N–H and O–H groups in total. The van der Waals surface area contributed by atoms with Crippen molar-refractivity contribution in [3.63, 3.8) is 0 Å². The van der Waals surface area contributed by atoms with Crippen molar-refractivity contribution in [2.45, 2.75) is 33.7 Å². The zero-order valence-corrected chi connectivity index (χ0v) is 19.2. The molecule has 0 saturated heterocycles. The molecular weight excluding hydrogens is 421 g/mol. The van der Waals surface area contributed by atoms with Crippen LogP contribution in [0.1, 0.15) is 48.8 Å². The lowest BCUT2D eigenvalue weighted by Crippen LogP contribution is -2.25. The molecule has 2 aromatic heterocycles. The van der Waals surface area contributed by atoms with Crippen molar-refractivity contribution in [2.24, 2.45) is 0 Å². The zero-order chi connectivity index (χ0) is 24.1. The fourth-order valence-corrected chi connectivity index (χ4v) is 2.76. The van der Waals surface area contributed by atoms with Crippen LogP contribution >= 0.6 is 0 Å². The van der Waals surface area contributed by atoms with E-state index in [0.29, 0.717) is 43.2 Å². The van der Waals surface area contributed by atoms with E-state index in [4.69, 9.17) is 10.1 Å². The smallest absolute Gasteiger partial charge is 0.255 e. The minimum atomic E-state index is -0.295. The summed E-state index contributed by atoms with van der Waals surface area (Å²) in [7, 11) is 0. The summed E-state index contributed by atoms with van der Waals surface area (Å²) in [5.74, 6) is -0.281. The van der Waals surface area contributed by atoms with Crippen LogP contribution in [0.25, 0.3) is 0 Å². The van der Waals surface area contributed by atoms with Crippen LogP contribution in [0.2, 0.25) is 0 Å². The fraction of sp³-hybridized carbons (Fsp3) is 0.280. The van der Waals surface area contributed by atoms with Crippen LogP contribution in [-0.4, -0.2) is 34.9 Å². The summed E-state index contributed by atoms with van der Waals surface area (Å²) in [5.41, 5.74) is 2.61. The van der Waals surface area contributed by atoms with Gasteiger partial charge in [-0.15, -0.1) is 0 Å². The minimum Gasteiger partial charge on any atom is -0.477 e. The Morgan fingerprint density at radius 1 is 1.30 bits per heavy atom. The van der Waals surface area contributed by atoms with Gasteiger partial charge in [-0.3, -0.25) is 15.2 Å². The molecule has 0 atom stereocenters. The molecule has 33 heavy (non-hydrogen) atoms. The van der Waals surface area contributed by atoms with Crippen LogP contribution in [0.4, 0.5) is 10.2 Å². The Bertz CT molecular complexity index is 1030. The van der Waals surface area contributed by atoms with Crippen molar-refractivity contribution in [3.05, 3.63) is 89.2 Å². The van der Waals surface area contributed by atoms with Gasteiger partial charge in [0.05, 0.1) is 12.2 Å². The molecule has 0 unspecified atom stereocenters. The van der Waals surface area contributed by atoms with Gasteiger partial charge in [-0.2, -0.15) is 0 Å². The molecule has 0 aliphatic carbocycles. The van der Waals surface area contributed by atoms with E-state index >= 15 is 0 Å². The summed E-state index contributed by atoms with van der Waals surface area (Å²) in [5, 5.41) is 14.0. The number of ether oxygens (including phenoxy) is 1. The Balaban J connectivity index is 2.12. The maximum absolute atomic E-state index is 13.2. The van der Waals surface area contributed by atoms with E-state index < -0.39 is 0 Å². The van der Waals surface area contributed by atoms with Gasteiger partial charge in [-0.25, -0.2) is 9.37 Å². The Morgan fingerprint density at radius 2 is 2.12 bits per heavy atom. The number of anilines is 1. The monoisotopic (exact) mass is 451 g/mol. The average molecular weight is 452 g/mol. The number of rotatable bonds is 11. The molecule has 0 aliphatic rings. The molecule has 7 nitrogen and oxygen atoms in total. The molecular formula is C25H30FN5O2. The number of nitrogens with zero attached hydrogens (tertiary/aromatic N) is 2. The number of halogens is 1. The molecule has 0 saturated carbocycles. The number of nitrogens with one attached hydrogen (secondary N) is 3. The van der Waals surface area contributed by atoms with Crippen LogP contribution in [0, 0.1) is 5.41 Å². The van der Waals surface area contributed by atoms with Crippen molar-refractivity contribution >= 4 is 17.6 Å². The lowest BCUT2D eigenvalue weighted by atomic mass is 10.1. The van der Waals surface area contributed by atoms with Crippen LogP contribution in [0.5, 0.6) is 0 Å². The quantitative estimate of drug-likeness (QED) is 0.255. The van der Waals surface area contributed by atoms with E-state index in [1.807, 2.05) is 25.1 Å². The molecule has 8 heteroatoms. The molecule has 0 fully saturated rings. The molecule has 2 aromatic rings. The molecule has 2 heterocycles. The lowest BCUT2D eigenvalue weighted by Gasteiger charge is -2.14. The van der Waals surface area contributed by atoms with Crippen molar-refractivity contribution in [1.82, 2.24) is 15.3 Å². The minimum absolute atomic E-state index is 0.0601. The summed E-state index contributed by atoms with van der Waals surface area (Å²) in [4.78, 5) is 21.3. The van der Waals surface area contributed by atoms with E-state index in [2.05, 4.69) is 20.6 Å². The number of hydrogen-bond acceptors (Lipinski definition) is 6. The van der Waals surface area contributed by atoms with E-state index in [9.17, 15) is 9.18 Å². The van der Waals surface area contributed by atoms with E-state index in [0.717, 1.165) is 11.1 Å². The SMILES string of the molecule is C\C=C(F)/C=C\C=C(/C)CCNc1nc(C(=N)OCC)ccc1C(=O)NCc1cccnc1. The van der Waals surface area contributed by atoms with E-state index in [1.165, 1.54) is 12.2 Å². The number of hydrogen-bond donors (Lipinski definition) is 3. The molecule has 0 bridgehead atoms. The predicted molar refractivity (Wildman–Crippen MR) is 129 cm³/mol. The Kier molecular flexibility index (Phi) is 10.5. The normalized spacial score (nSPS) is 12.0. The average Bonchev–Trinajstić information content (AvgIpc) is 2.83. The van der Waals surface area contributed by atoms with Crippen LogP contribution in [-0.2, 0) is 11.3 Å². The Hall–Kier alpha value is -3.81. The molecule has 174 valence electrons. The summed E-state index contributed by atoms with van der Waals surface area (Å²) in [6.45, 7) is 6.55. The van der Waals surface area contributed by atoms with Gasteiger partial charge in [0.25, 0.3) is 5.91 Å². The van der Waals surface area contributed by atoms with Gasteiger partial charge in [-0.05, 0) is 57.0 Å². The highest BCUT2D eigenvalue weighted by atomic mass is 19.1.